The van der Waals surface area contributed by atoms with E-state index in [1.165, 1.54) is 0 Å². The van der Waals surface area contributed by atoms with E-state index in [-0.39, 0.29) is 5.91 Å². The molecular formula is C29H29N5O4. The lowest BCUT2D eigenvalue weighted by Gasteiger charge is -2.28. The van der Waals surface area contributed by atoms with E-state index in [4.69, 9.17) is 24.3 Å². The summed E-state index contributed by atoms with van der Waals surface area (Å²) in [5, 5.41) is 11.1. The number of hydrogen-bond donors (Lipinski definition) is 2. The Balaban J connectivity index is 1.60. The number of rotatable bonds is 8. The summed E-state index contributed by atoms with van der Waals surface area (Å²) in [6, 6.07) is 22.0. The zero-order chi connectivity index (χ0) is 26.6. The molecule has 0 bridgehead atoms. The summed E-state index contributed by atoms with van der Waals surface area (Å²) in [7, 11) is 3.19. The fourth-order valence-corrected chi connectivity index (χ4v) is 4.45. The Morgan fingerprint density at radius 2 is 1.66 bits per heavy atom. The molecule has 5 rings (SSSR count). The number of ether oxygens (including phenoxy) is 3. The number of benzene rings is 3. The van der Waals surface area contributed by atoms with Crippen LogP contribution in [0.1, 0.15) is 25.5 Å². The van der Waals surface area contributed by atoms with Crippen molar-refractivity contribution < 1.29 is 19.0 Å². The van der Waals surface area contributed by atoms with E-state index >= 15 is 0 Å². The second kappa shape index (κ2) is 10.7. The third kappa shape index (κ3) is 4.90. The predicted molar refractivity (Wildman–Crippen MR) is 146 cm³/mol. The van der Waals surface area contributed by atoms with Gasteiger partial charge in [0, 0.05) is 23.0 Å². The van der Waals surface area contributed by atoms with Crippen LogP contribution in [-0.2, 0) is 4.79 Å². The molecule has 0 saturated heterocycles. The molecule has 1 aliphatic heterocycles. The molecule has 0 spiro atoms. The first kappa shape index (κ1) is 24.9. The standard InChI is InChI=1S/C29H29N5O4/c1-5-38-22-13-11-19(12-14-22)26-25(28(35)31-21-9-7-6-8-10-21)18(2)30-29-32-27(33-34(26)29)20-15-23(36-3)17-24(16-20)37-4/h6-17,26H,5H2,1-4H3,(H,31,35)(H,30,32,33). The molecule has 1 aromatic heterocycles. The second-order valence-corrected chi connectivity index (χ2v) is 8.69. The smallest absolute Gasteiger partial charge is 0.255 e. The monoisotopic (exact) mass is 511 g/mol. The molecule has 9 heteroatoms. The second-order valence-electron chi connectivity index (χ2n) is 8.69. The van der Waals surface area contributed by atoms with Crippen molar-refractivity contribution in [2.75, 3.05) is 31.5 Å². The Morgan fingerprint density at radius 1 is 0.974 bits per heavy atom. The number of carbonyl (C=O) groups is 1. The molecule has 0 aliphatic carbocycles. The molecule has 4 aromatic rings. The molecule has 1 atom stereocenters. The normalized spacial score (nSPS) is 14.4. The van der Waals surface area contributed by atoms with Gasteiger partial charge in [0.05, 0.1) is 26.4 Å². The average Bonchev–Trinajstić information content (AvgIpc) is 3.37. The third-order valence-electron chi connectivity index (χ3n) is 6.25. The number of allylic oxidation sites excluding steroid dienone is 1. The van der Waals surface area contributed by atoms with Crippen LogP contribution in [-0.4, -0.2) is 41.5 Å². The molecule has 1 aliphatic rings. The van der Waals surface area contributed by atoms with Crippen molar-refractivity contribution in [3.63, 3.8) is 0 Å². The summed E-state index contributed by atoms with van der Waals surface area (Å²) < 4.78 is 18.2. The average molecular weight is 512 g/mol. The Hall–Kier alpha value is -4.79. The van der Waals surface area contributed by atoms with Gasteiger partial charge in [-0.15, -0.1) is 5.10 Å². The fourth-order valence-electron chi connectivity index (χ4n) is 4.45. The molecule has 194 valence electrons. The highest BCUT2D eigenvalue weighted by Gasteiger charge is 2.34. The summed E-state index contributed by atoms with van der Waals surface area (Å²) in [5.74, 6) is 2.77. The van der Waals surface area contributed by atoms with Crippen LogP contribution in [0.2, 0.25) is 0 Å². The highest BCUT2D eigenvalue weighted by molar-refractivity contribution is 6.06. The van der Waals surface area contributed by atoms with Gasteiger partial charge in [0.1, 0.15) is 23.3 Å². The molecule has 2 N–H and O–H groups in total. The molecule has 3 aromatic carbocycles. The SMILES string of the molecule is CCOc1ccc(C2C(C(=O)Nc3ccccc3)=C(C)Nc3nc(-c4cc(OC)cc(OC)c4)nn32)cc1. The van der Waals surface area contributed by atoms with Crippen LogP contribution in [0.4, 0.5) is 11.6 Å². The summed E-state index contributed by atoms with van der Waals surface area (Å²) in [6.45, 7) is 4.38. The summed E-state index contributed by atoms with van der Waals surface area (Å²) in [6.07, 6.45) is 0. The van der Waals surface area contributed by atoms with Gasteiger partial charge in [-0.3, -0.25) is 4.79 Å². The van der Waals surface area contributed by atoms with Crippen molar-refractivity contribution in [1.82, 2.24) is 14.8 Å². The van der Waals surface area contributed by atoms with E-state index in [0.717, 1.165) is 16.9 Å². The van der Waals surface area contributed by atoms with Crippen molar-refractivity contribution >= 4 is 17.5 Å². The number of nitrogens with one attached hydrogen (secondary N) is 2. The number of para-hydroxylation sites is 1. The third-order valence-corrected chi connectivity index (χ3v) is 6.25. The molecule has 0 saturated carbocycles. The molecular weight excluding hydrogens is 482 g/mol. The lowest BCUT2D eigenvalue weighted by molar-refractivity contribution is -0.113. The summed E-state index contributed by atoms with van der Waals surface area (Å²) in [5.41, 5.74) is 3.52. The van der Waals surface area contributed by atoms with Crippen LogP contribution in [0.15, 0.2) is 84.1 Å². The minimum Gasteiger partial charge on any atom is -0.497 e. The van der Waals surface area contributed by atoms with Crippen LogP contribution in [0, 0.1) is 0 Å². The van der Waals surface area contributed by atoms with Crippen molar-refractivity contribution in [1.29, 1.82) is 0 Å². The Labute approximate surface area is 221 Å². The highest BCUT2D eigenvalue weighted by atomic mass is 16.5. The molecule has 2 heterocycles. The maximum absolute atomic E-state index is 13.7. The van der Waals surface area contributed by atoms with Crippen LogP contribution in [0.3, 0.4) is 0 Å². The number of aromatic nitrogens is 3. The van der Waals surface area contributed by atoms with E-state index in [1.54, 1.807) is 25.0 Å². The first-order valence-electron chi connectivity index (χ1n) is 12.3. The molecule has 1 amide bonds. The van der Waals surface area contributed by atoms with Gasteiger partial charge in [-0.1, -0.05) is 30.3 Å². The van der Waals surface area contributed by atoms with Gasteiger partial charge >= 0.3 is 0 Å². The Morgan fingerprint density at radius 3 is 2.29 bits per heavy atom. The number of hydrogen-bond acceptors (Lipinski definition) is 7. The van der Waals surface area contributed by atoms with Crippen LogP contribution < -0.4 is 24.8 Å². The molecule has 9 nitrogen and oxygen atoms in total. The largest absolute Gasteiger partial charge is 0.497 e. The van der Waals surface area contributed by atoms with Crippen LogP contribution in [0.25, 0.3) is 11.4 Å². The lowest BCUT2D eigenvalue weighted by atomic mass is 9.95. The topological polar surface area (TPSA) is 99.5 Å². The van der Waals surface area contributed by atoms with Crippen molar-refractivity contribution in [2.45, 2.75) is 19.9 Å². The number of methoxy groups -OCH3 is 2. The Kier molecular flexibility index (Phi) is 6.99. The van der Waals surface area contributed by atoms with Gasteiger partial charge in [-0.2, -0.15) is 4.98 Å². The predicted octanol–water partition coefficient (Wildman–Crippen LogP) is 5.29. The van der Waals surface area contributed by atoms with Gasteiger partial charge < -0.3 is 24.8 Å². The maximum Gasteiger partial charge on any atom is 0.255 e. The van der Waals surface area contributed by atoms with E-state index in [2.05, 4.69) is 10.6 Å². The van der Waals surface area contributed by atoms with Crippen LogP contribution >= 0.6 is 0 Å². The maximum atomic E-state index is 13.7. The zero-order valence-corrected chi connectivity index (χ0v) is 21.7. The van der Waals surface area contributed by atoms with E-state index in [1.807, 2.05) is 80.6 Å². The Bertz CT molecular complexity index is 1460. The first-order chi connectivity index (χ1) is 18.5. The molecule has 1 unspecified atom stereocenters. The minimum atomic E-state index is -0.528. The summed E-state index contributed by atoms with van der Waals surface area (Å²) >= 11 is 0. The van der Waals surface area contributed by atoms with Crippen LogP contribution in [0.5, 0.6) is 17.2 Å². The number of fused-ring (bicyclic) bond motifs is 1. The fraction of sp³-hybridized carbons (Fsp3) is 0.207. The zero-order valence-electron chi connectivity index (χ0n) is 21.7. The summed E-state index contributed by atoms with van der Waals surface area (Å²) in [4.78, 5) is 18.4. The number of carbonyl (C=O) groups excluding carboxylic acids is 1. The number of anilines is 2. The lowest BCUT2D eigenvalue weighted by Crippen LogP contribution is -2.31. The highest BCUT2D eigenvalue weighted by Crippen LogP contribution is 2.38. The van der Waals surface area contributed by atoms with Crippen molar-refractivity contribution in [2.24, 2.45) is 0 Å². The van der Waals surface area contributed by atoms with Gasteiger partial charge in [-0.05, 0) is 55.8 Å². The van der Waals surface area contributed by atoms with Gasteiger partial charge in [0.2, 0.25) is 5.95 Å². The molecule has 0 radical (unpaired) electrons. The molecule has 38 heavy (non-hydrogen) atoms. The van der Waals surface area contributed by atoms with E-state index < -0.39 is 6.04 Å². The van der Waals surface area contributed by atoms with E-state index in [9.17, 15) is 4.79 Å². The number of nitrogens with zero attached hydrogens (tertiary/aromatic N) is 3. The van der Waals surface area contributed by atoms with Gasteiger partial charge in [-0.25, -0.2) is 4.68 Å². The van der Waals surface area contributed by atoms with Crippen molar-refractivity contribution in [3.05, 3.63) is 89.6 Å². The van der Waals surface area contributed by atoms with Gasteiger partial charge in [0.25, 0.3) is 5.91 Å². The van der Waals surface area contributed by atoms with Gasteiger partial charge in [0.15, 0.2) is 5.82 Å². The molecule has 0 fully saturated rings. The number of amides is 1. The minimum absolute atomic E-state index is 0.231. The van der Waals surface area contributed by atoms with E-state index in [0.29, 0.717) is 46.8 Å². The first-order valence-corrected chi connectivity index (χ1v) is 12.3. The quantitative estimate of drug-likeness (QED) is 0.332. The van der Waals surface area contributed by atoms with Crippen molar-refractivity contribution in [3.8, 4) is 28.6 Å².